The van der Waals surface area contributed by atoms with Gasteiger partial charge >= 0.3 is 0 Å². The largest absolute Gasteiger partial charge is 0.382 e. The van der Waals surface area contributed by atoms with Crippen LogP contribution in [-0.4, -0.2) is 30.0 Å². The highest BCUT2D eigenvalue weighted by Gasteiger charge is 2.32. The monoisotopic (exact) mass is 226 g/mol. The maximum absolute atomic E-state index is 12.8. The molecule has 0 spiro atoms. The zero-order chi connectivity index (χ0) is 11.6. The molecular formula is C11H15FN2O2. The lowest BCUT2D eigenvalue weighted by Crippen LogP contribution is -2.26. The average molecular weight is 226 g/mol. The number of hydrogen-bond acceptors (Lipinski definition) is 4. The predicted octanol–water partition coefficient (Wildman–Crippen LogP) is 1.78. The molecule has 1 aliphatic rings. The van der Waals surface area contributed by atoms with Crippen LogP contribution in [0.15, 0.2) is 18.3 Å². The van der Waals surface area contributed by atoms with E-state index in [1.807, 2.05) is 13.8 Å². The summed E-state index contributed by atoms with van der Waals surface area (Å²) in [5.74, 6) is -1.01. The van der Waals surface area contributed by atoms with Gasteiger partial charge in [0.05, 0.1) is 6.61 Å². The Morgan fingerprint density at radius 2 is 2.44 bits per heavy atom. The summed E-state index contributed by atoms with van der Waals surface area (Å²) in [7, 11) is 0. The van der Waals surface area contributed by atoms with Gasteiger partial charge in [-0.25, -0.2) is 4.98 Å². The van der Waals surface area contributed by atoms with E-state index in [-0.39, 0.29) is 6.10 Å². The molecule has 16 heavy (non-hydrogen) atoms. The van der Waals surface area contributed by atoms with Crippen LogP contribution in [0.3, 0.4) is 0 Å². The molecule has 1 aromatic rings. The van der Waals surface area contributed by atoms with Gasteiger partial charge in [0.15, 0.2) is 5.79 Å². The molecule has 4 nitrogen and oxygen atoms in total. The molecule has 5 heteroatoms. The molecule has 88 valence electrons. The number of hydrogen-bond donors (Lipinski definition) is 1. The van der Waals surface area contributed by atoms with Crippen LogP contribution >= 0.6 is 0 Å². The van der Waals surface area contributed by atoms with Gasteiger partial charge in [-0.3, -0.25) is 0 Å². The average Bonchev–Trinajstić information content (AvgIpc) is 2.56. The van der Waals surface area contributed by atoms with Crippen LogP contribution in [0.4, 0.5) is 10.1 Å². The SMILES string of the molecule is CC1(C)OCC(CNc2ccnc(F)c2)O1. The zero-order valence-electron chi connectivity index (χ0n) is 9.37. The van der Waals surface area contributed by atoms with E-state index in [1.54, 1.807) is 6.07 Å². The molecule has 2 rings (SSSR count). The third kappa shape index (κ3) is 2.90. The Bertz CT molecular complexity index is 371. The van der Waals surface area contributed by atoms with Crippen molar-refractivity contribution in [1.29, 1.82) is 0 Å². The van der Waals surface area contributed by atoms with Gasteiger partial charge in [0.25, 0.3) is 0 Å². The number of aromatic nitrogens is 1. The van der Waals surface area contributed by atoms with Crippen molar-refractivity contribution < 1.29 is 13.9 Å². The Labute approximate surface area is 93.8 Å². The third-order valence-corrected chi connectivity index (χ3v) is 2.33. The van der Waals surface area contributed by atoms with Gasteiger partial charge in [0.2, 0.25) is 5.95 Å². The van der Waals surface area contributed by atoms with Crippen LogP contribution in [0.1, 0.15) is 13.8 Å². The number of nitrogens with one attached hydrogen (secondary N) is 1. The maximum Gasteiger partial charge on any atom is 0.214 e. The Balaban J connectivity index is 1.84. The molecule has 0 saturated carbocycles. The molecule has 0 amide bonds. The summed E-state index contributed by atoms with van der Waals surface area (Å²) in [6.45, 7) is 4.89. The van der Waals surface area contributed by atoms with Gasteiger partial charge < -0.3 is 14.8 Å². The Morgan fingerprint density at radius 3 is 3.06 bits per heavy atom. The summed E-state index contributed by atoms with van der Waals surface area (Å²) in [4.78, 5) is 3.48. The predicted molar refractivity (Wildman–Crippen MR) is 57.6 cm³/mol. The molecule has 0 aromatic carbocycles. The molecule has 0 bridgehead atoms. The number of rotatable bonds is 3. The van der Waals surface area contributed by atoms with Crippen LogP contribution < -0.4 is 5.32 Å². The van der Waals surface area contributed by atoms with Gasteiger partial charge in [-0.05, 0) is 19.9 Å². The van der Waals surface area contributed by atoms with E-state index in [1.165, 1.54) is 12.3 Å². The lowest BCUT2D eigenvalue weighted by Gasteiger charge is -2.17. The maximum atomic E-state index is 12.8. The van der Waals surface area contributed by atoms with Crippen molar-refractivity contribution in [3.05, 3.63) is 24.3 Å². The van der Waals surface area contributed by atoms with E-state index in [4.69, 9.17) is 9.47 Å². The molecule has 1 N–H and O–H groups in total. The van der Waals surface area contributed by atoms with Crippen molar-refractivity contribution in [3.8, 4) is 0 Å². The van der Waals surface area contributed by atoms with Gasteiger partial charge in [-0.15, -0.1) is 0 Å². The molecular weight excluding hydrogens is 211 g/mol. The number of nitrogens with zero attached hydrogens (tertiary/aromatic N) is 1. The molecule has 2 heterocycles. The summed E-state index contributed by atoms with van der Waals surface area (Å²) in [6, 6.07) is 3.06. The quantitative estimate of drug-likeness (QED) is 0.798. The van der Waals surface area contributed by atoms with Crippen molar-refractivity contribution in [1.82, 2.24) is 4.98 Å². The summed E-state index contributed by atoms with van der Waals surface area (Å²) >= 11 is 0. The minimum absolute atomic E-state index is 0.00812. The summed E-state index contributed by atoms with van der Waals surface area (Å²) in [6.07, 6.45) is 1.42. The molecule has 0 radical (unpaired) electrons. The second kappa shape index (κ2) is 4.35. The summed E-state index contributed by atoms with van der Waals surface area (Å²) < 4.78 is 23.8. The van der Waals surface area contributed by atoms with Crippen molar-refractivity contribution in [2.24, 2.45) is 0 Å². The minimum atomic E-state index is -0.518. The first-order valence-corrected chi connectivity index (χ1v) is 5.22. The van der Waals surface area contributed by atoms with Crippen molar-refractivity contribution in [2.45, 2.75) is 25.7 Å². The van der Waals surface area contributed by atoms with E-state index in [0.29, 0.717) is 18.8 Å². The van der Waals surface area contributed by atoms with Gasteiger partial charge in [0, 0.05) is 24.5 Å². The molecule has 1 unspecified atom stereocenters. The second-order valence-corrected chi connectivity index (χ2v) is 4.20. The zero-order valence-corrected chi connectivity index (χ0v) is 9.37. The first-order valence-electron chi connectivity index (χ1n) is 5.22. The minimum Gasteiger partial charge on any atom is -0.382 e. The van der Waals surface area contributed by atoms with Crippen LogP contribution in [0.5, 0.6) is 0 Å². The highest BCUT2D eigenvalue weighted by atomic mass is 19.1. The fraction of sp³-hybridized carbons (Fsp3) is 0.545. The van der Waals surface area contributed by atoms with Crippen LogP contribution in [0.2, 0.25) is 0 Å². The Kier molecular flexibility index (Phi) is 3.07. The standard InChI is InChI=1S/C11H15FN2O2/c1-11(2)15-7-9(16-11)6-14-8-3-4-13-10(12)5-8/h3-5,9H,6-7H2,1-2H3,(H,13,14). The van der Waals surface area contributed by atoms with Crippen molar-refractivity contribution in [3.63, 3.8) is 0 Å². The molecule has 1 fully saturated rings. The summed E-state index contributed by atoms with van der Waals surface area (Å²) in [5, 5.41) is 3.08. The van der Waals surface area contributed by atoms with E-state index in [9.17, 15) is 4.39 Å². The first-order chi connectivity index (χ1) is 7.55. The third-order valence-electron chi connectivity index (χ3n) is 2.33. The highest BCUT2D eigenvalue weighted by molar-refractivity contribution is 5.41. The molecule has 1 saturated heterocycles. The Morgan fingerprint density at radius 1 is 1.62 bits per heavy atom. The number of pyridine rings is 1. The van der Waals surface area contributed by atoms with Crippen LogP contribution in [-0.2, 0) is 9.47 Å². The molecule has 1 aliphatic heterocycles. The van der Waals surface area contributed by atoms with Gasteiger partial charge in [0.1, 0.15) is 6.10 Å². The number of halogens is 1. The normalized spacial score (nSPS) is 23.3. The van der Waals surface area contributed by atoms with E-state index in [0.717, 1.165) is 0 Å². The van der Waals surface area contributed by atoms with Gasteiger partial charge in [-0.2, -0.15) is 4.39 Å². The van der Waals surface area contributed by atoms with E-state index < -0.39 is 11.7 Å². The fourth-order valence-electron chi connectivity index (χ4n) is 1.61. The van der Waals surface area contributed by atoms with E-state index in [2.05, 4.69) is 10.3 Å². The second-order valence-electron chi connectivity index (χ2n) is 4.20. The topological polar surface area (TPSA) is 43.4 Å². The van der Waals surface area contributed by atoms with Crippen molar-refractivity contribution >= 4 is 5.69 Å². The smallest absolute Gasteiger partial charge is 0.214 e. The molecule has 0 aliphatic carbocycles. The van der Waals surface area contributed by atoms with E-state index >= 15 is 0 Å². The molecule has 1 atom stereocenters. The number of ether oxygens (including phenoxy) is 2. The highest BCUT2D eigenvalue weighted by Crippen LogP contribution is 2.22. The van der Waals surface area contributed by atoms with Crippen LogP contribution in [0, 0.1) is 5.95 Å². The van der Waals surface area contributed by atoms with Crippen molar-refractivity contribution in [2.75, 3.05) is 18.5 Å². The lowest BCUT2D eigenvalue weighted by molar-refractivity contribution is -0.136. The van der Waals surface area contributed by atoms with Gasteiger partial charge in [-0.1, -0.05) is 0 Å². The summed E-state index contributed by atoms with van der Waals surface area (Å²) in [5.41, 5.74) is 0.695. The van der Waals surface area contributed by atoms with Crippen LogP contribution in [0.25, 0.3) is 0 Å². The fourth-order valence-corrected chi connectivity index (χ4v) is 1.61. The Hall–Kier alpha value is -1.20. The number of anilines is 1. The first kappa shape index (κ1) is 11.3. The molecule has 1 aromatic heterocycles. The lowest BCUT2D eigenvalue weighted by atomic mass is 10.3.